The summed E-state index contributed by atoms with van der Waals surface area (Å²) in [5, 5.41) is 2.78. The van der Waals surface area contributed by atoms with Gasteiger partial charge >= 0.3 is 0 Å². The summed E-state index contributed by atoms with van der Waals surface area (Å²) in [5.41, 5.74) is 0.909. The third-order valence-electron chi connectivity index (χ3n) is 2.20. The minimum atomic E-state index is 0.0330. The molecule has 1 aromatic rings. The fraction of sp³-hybridized carbons (Fsp3) is 0.455. The molecule has 1 amide bonds. The van der Waals surface area contributed by atoms with Crippen LogP contribution >= 0.6 is 0 Å². The quantitative estimate of drug-likeness (QED) is 0.798. The van der Waals surface area contributed by atoms with Crippen molar-refractivity contribution in [2.24, 2.45) is 5.92 Å². The van der Waals surface area contributed by atoms with E-state index < -0.39 is 0 Å². The van der Waals surface area contributed by atoms with E-state index in [1.54, 1.807) is 6.07 Å². The zero-order valence-electron chi connectivity index (χ0n) is 8.87. The molecule has 3 nitrogen and oxygen atoms in total. The van der Waals surface area contributed by atoms with Gasteiger partial charge in [-0.25, -0.2) is 4.98 Å². The van der Waals surface area contributed by atoms with Crippen molar-refractivity contribution in [2.75, 3.05) is 5.32 Å². The number of nitrogens with zero attached hydrogens (tertiary/aromatic N) is 1. The number of aryl methyl sites for hydroxylation is 1. The van der Waals surface area contributed by atoms with Crippen molar-refractivity contribution in [1.82, 2.24) is 4.98 Å². The molecule has 0 aromatic carbocycles. The van der Waals surface area contributed by atoms with Crippen LogP contribution in [0, 0.1) is 12.8 Å². The number of carbonyl (C=O) groups is 1. The zero-order chi connectivity index (χ0) is 10.6. The van der Waals surface area contributed by atoms with Gasteiger partial charge in [-0.05, 0) is 25.5 Å². The van der Waals surface area contributed by atoms with E-state index in [2.05, 4.69) is 10.3 Å². The van der Waals surface area contributed by atoms with Gasteiger partial charge in [0.05, 0.1) is 0 Å². The van der Waals surface area contributed by atoms with E-state index in [4.69, 9.17) is 0 Å². The molecule has 76 valence electrons. The fourth-order valence-electron chi connectivity index (χ4n) is 1.05. The third kappa shape index (κ3) is 2.83. The van der Waals surface area contributed by atoms with Crippen LogP contribution in [0.5, 0.6) is 0 Å². The Kier molecular flexibility index (Phi) is 3.63. The summed E-state index contributed by atoms with van der Waals surface area (Å²) < 4.78 is 0. The van der Waals surface area contributed by atoms with Gasteiger partial charge in [-0.3, -0.25) is 4.79 Å². The molecule has 3 heteroatoms. The number of pyridine rings is 1. The first kappa shape index (κ1) is 10.7. The summed E-state index contributed by atoms with van der Waals surface area (Å²) in [6.45, 7) is 5.80. The van der Waals surface area contributed by atoms with Gasteiger partial charge < -0.3 is 5.32 Å². The Hall–Kier alpha value is -1.38. The Morgan fingerprint density at radius 2 is 2.29 bits per heavy atom. The standard InChI is InChI=1S/C11H16N2O/c1-4-8(2)11(14)13-10-7-5-6-9(3)12-10/h5-8H,4H2,1-3H3,(H,12,13,14). The van der Waals surface area contributed by atoms with E-state index >= 15 is 0 Å². The topological polar surface area (TPSA) is 42.0 Å². The number of carbonyl (C=O) groups excluding carboxylic acids is 1. The first-order valence-corrected chi connectivity index (χ1v) is 4.88. The van der Waals surface area contributed by atoms with Crippen molar-refractivity contribution in [1.29, 1.82) is 0 Å². The molecule has 0 aliphatic rings. The van der Waals surface area contributed by atoms with Gasteiger partial charge in [-0.1, -0.05) is 19.9 Å². The van der Waals surface area contributed by atoms with E-state index in [9.17, 15) is 4.79 Å². The summed E-state index contributed by atoms with van der Waals surface area (Å²) in [4.78, 5) is 15.7. The molecular weight excluding hydrogens is 176 g/mol. The summed E-state index contributed by atoms with van der Waals surface area (Å²) >= 11 is 0. The molecule has 1 N–H and O–H groups in total. The predicted octanol–water partition coefficient (Wildman–Crippen LogP) is 2.37. The number of rotatable bonds is 3. The van der Waals surface area contributed by atoms with Gasteiger partial charge in [0.1, 0.15) is 5.82 Å². The van der Waals surface area contributed by atoms with Crippen LogP contribution in [0.15, 0.2) is 18.2 Å². The van der Waals surface area contributed by atoms with Crippen molar-refractivity contribution in [3.63, 3.8) is 0 Å². The average Bonchev–Trinajstić information content (AvgIpc) is 2.16. The Balaban J connectivity index is 2.65. The van der Waals surface area contributed by atoms with Crippen LogP contribution in [0.3, 0.4) is 0 Å². The Morgan fingerprint density at radius 1 is 1.57 bits per heavy atom. The van der Waals surface area contributed by atoms with Crippen LogP contribution in [0.2, 0.25) is 0 Å². The highest BCUT2D eigenvalue weighted by molar-refractivity contribution is 5.91. The van der Waals surface area contributed by atoms with Crippen LogP contribution in [0.1, 0.15) is 26.0 Å². The van der Waals surface area contributed by atoms with E-state index in [1.165, 1.54) is 0 Å². The molecule has 0 bridgehead atoms. The van der Waals surface area contributed by atoms with Crippen LogP contribution in [0.4, 0.5) is 5.82 Å². The molecule has 0 spiro atoms. The Morgan fingerprint density at radius 3 is 2.86 bits per heavy atom. The van der Waals surface area contributed by atoms with E-state index in [-0.39, 0.29) is 11.8 Å². The summed E-state index contributed by atoms with van der Waals surface area (Å²) in [6.07, 6.45) is 0.845. The highest BCUT2D eigenvalue weighted by Gasteiger charge is 2.10. The number of nitrogens with one attached hydrogen (secondary N) is 1. The minimum Gasteiger partial charge on any atom is -0.310 e. The van der Waals surface area contributed by atoms with E-state index in [0.29, 0.717) is 5.82 Å². The number of amides is 1. The molecule has 0 saturated heterocycles. The lowest BCUT2D eigenvalue weighted by Gasteiger charge is -2.09. The fourth-order valence-corrected chi connectivity index (χ4v) is 1.05. The van der Waals surface area contributed by atoms with Crippen molar-refractivity contribution in [3.8, 4) is 0 Å². The van der Waals surface area contributed by atoms with Gasteiger partial charge in [-0.2, -0.15) is 0 Å². The molecule has 0 aliphatic carbocycles. The molecule has 0 radical (unpaired) electrons. The van der Waals surface area contributed by atoms with E-state index in [1.807, 2.05) is 32.9 Å². The summed E-state index contributed by atoms with van der Waals surface area (Å²) in [7, 11) is 0. The SMILES string of the molecule is CCC(C)C(=O)Nc1cccc(C)n1. The van der Waals surface area contributed by atoms with Gasteiger partial charge in [-0.15, -0.1) is 0 Å². The predicted molar refractivity (Wildman–Crippen MR) is 57.1 cm³/mol. The second kappa shape index (κ2) is 4.74. The lowest BCUT2D eigenvalue weighted by molar-refractivity contribution is -0.119. The zero-order valence-corrected chi connectivity index (χ0v) is 8.87. The molecule has 0 fully saturated rings. The van der Waals surface area contributed by atoms with Crippen molar-refractivity contribution in [3.05, 3.63) is 23.9 Å². The van der Waals surface area contributed by atoms with Crippen LogP contribution in [-0.2, 0) is 4.79 Å². The molecule has 1 atom stereocenters. The van der Waals surface area contributed by atoms with Crippen molar-refractivity contribution < 1.29 is 4.79 Å². The molecule has 0 aliphatic heterocycles. The molecular formula is C11H16N2O. The normalized spacial score (nSPS) is 12.2. The number of hydrogen-bond acceptors (Lipinski definition) is 2. The second-order valence-electron chi connectivity index (χ2n) is 3.46. The first-order valence-electron chi connectivity index (χ1n) is 4.88. The summed E-state index contributed by atoms with van der Waals surface area (Å²) in [6, 6.07) is 5.58. The van der Waals surface area contributed by atoms with E-state index in [0.717, 1.165) is 12.1 Å². The highest BCUT2D eigenvalue weighted by atomic mass is 16.1. The lowest BCUT2D eigenvalue weighted by atomic mass is 10.1. The second-order valence-corrected chi connectivity index (χ2v) is 3.46. The van der Waals surface area contributed by atoms with Crippen LogP contribution in [-0.4, -0.2) is 10.9 Å². The minimum absolute atomic E-state index is 0.0330. The number of hydrogen-bond donors (Lipinski definition) is 1. The summed E-state index contributed by atoms with van der Waals surface area (Å²) in [5.74, 6) is 0.707. The van der Waals surface area contributed by atoms with Crippen molar-refractivity contribution >= 4 is 11.7 Å². The maximum absolute atomic E-state index is 11.5. The van der Waals surface area contributed by atoms with Gasteiger partial charge in [0.25, 0.3) is 0 Å². The highest BCUT2D eigenvalue weighted by Crippen LogP contribution is 2.08. The smallest absolute Gasteiger partial charge is 0.228 e. The Labute approximate surface area is 84.6 Å². The van der Waals surface area contributed by atoms with Gasteiger partial charge in [0.15, 0.2) is 0 Å². The van der Waals surface area contributed by atoms with Crippen LogP contribution in [0.25, 0.3) is 0 Å². The molecule has 1 unspecified atom stereocenters. The maximum atomic E-state index is 11.5. The molecule has 1 aromatic heterocycles. The lowest BCUT2D eigenvalue weighted by Crippen LogP contribution is -2.20. The molecule has 14 heavy (non-hydrogen) atoms. The van der Waals surface area contributed by atoms with Crippen LogP contribution < -0.4 is 5.32 Å². The maximum Gasteiger partial charge on any atom is 0.228 e. The third-order valence-corrected chi connectivity index (χ3v) is 2.20. The van der Waals surface area contributed by atoms with Gasteiger partial charge in [0.2, 0.25) is 5.91 Å². The first-order chi connectivity index (χ1) is 6.63. The molecule has 1 heterocycles. The molecule has 1 rings (SSSR count). The van der Waals surface area contributed by atoms with Crippen molar-refractivity contribution in [2.45, 2.75) is 27.2 Å². The largest absolute Gasteiger partial charge is 0.310 e. The number of anilines is 1. The Bertz CT molecular complexity index is 323. The monoisotopic (exact) mass is 192 g/mol. The number of aromatic nitrogens is 1. The average molecular weight is 192 g/mol. The molecule has 0 saturated carbocycles. The van der Waals surface area contributed by atoms with Gasteiger partial charge in [0, 0.05) is 11.6 Å².